The molecule has 2 aromatic rings. The number of fused-ring (bicyclic) bond motifs is 1. The molecule has 0 aliphatic rings. The second-order valence-corrected chi connectivity index (χ2v) is 3.82. The van der Waals surface area contributed by atoms with Crippen LogP contribution in [-0.2, 0) is 11.2 Å². The highest BCUT2D eigenvalue weighted by Gasteiger charge is 2.03. The Labute approximate surface area is 103 Å². The third-order valence-corrected chi connectivity index (χ3v) is 2.63. The molecule has 18 heavy (non-hydrogen) atoms. The van der Waals surface area contributed by atoms with Crippen molar-refractivity contribution in [1.29, 1.82) is 0 Å². The Hall–Kier alpha value is -2.43. The van der Waals surface area contributed by atoms with Gasteiger partial charge in [-0.2, -0.15) is 0 Å². The number of hydrogen-bond donors (Lipinski definition) is 1. The van der Waals surface area contributed by atoms with Gasteiger partial charge in [-0.1, -0.05) is 13.0 Å². The topological polar surface area (TPSA) is 72.2 Å². The molecule has 92 valence electrons. The molecule has 0 amide bonds. The van der Waals surface area contributed by atoms with Crippen LogP contribution in [0.2, 0.25) is 0 Å². The van der Waals surface area contributed by atoms with Crippen molar-refractivity contribution in [2.45, 2.75) is 13.3 Å². The van der Waals surface area contributed by atoms with Crippen molar-refractivity contribution >= 4 is 23.1 Å². The first kappa shape index (κ1) is 12.0. The van der Waals surface area contributed by atoms with E-state index in [9.17, 15) is 9.59 Å². The molecule has 0 fully saturated rings. The molecule has 0 aliphatic heterocycles. The van der Waals surface area contributed by atoms with E-state index in [1.807, 2.05) is 13.0 Å². The fraction of sp³-hybridized carbons (Fsp3) is 0.154. The SMILES string of the molecule is CCc1ccc2ncn(C=CC(=O)O)c(=O)c2c1. The number of rotatable bonds is 3. The van der Waals surface area contributed by atoms with Crippen LogP contribution in [0.5, 0.6) is 0 Å². The smallest absolute Gasteiger partial charge is 0.329 e. The molecule has 2 rings (SSSR count). The van der Waals surface area contributed by atoms with Gasteiger partial charge in [0, 0.05) is 12.3 Å². The molecule has 5 nitrogen and oxygen atoms in total. The summed E-state index contributed by atoms with van der Waals surface area (Å²) in [6, 6.07) is 5.50. The van der Waals surface area contributed by atoms with Gasteiger partial charge in [0.2, 0.25) is 0 Å². The zero-order valence-electron chi connectivity index (χ0n) is 9.83. The molecule has 0 saturated heterocycles. The Morgan fingerprint density at radius 3 is 2.94 bits per heavy atom. The maximum atomic E-state index is 12.1. The van der Waals surface area contributed by atoms with Gasteiger partial charge in [0.25, 0.3) is 5.56 Å². The van der Waals surface area contributed by atoms with Crippen LogP contribution >= 0.6 is 0 Å². The van der Waals surface area contributed by atoms with Gasteiger partial charge in [-0.3, -0.25) is 9.36 Å². The van der Waals surface area contributed by atoms with E-state index < -0.39 is 5.97 Å². The number of aromatic nitrogens is 2. The predicted molar refractivity (Wildman–Crippen MR) is 68.3 cm³/mol. The largest absolute Gasteiger partial charge is 0.478 e. The quantitative estimate of drug-likeness (QED) is 0.831. The number of hydrogen-bond acceptors (Lipinski definition) is 3. The lowest BCUT2D eigenvalue weighted by Gasteiger charge is -2.02. The third-order valence-electron chi connectivity index (χ3n) is 2.63. The molecule has 0 atom stereocenters. The molecule has 1 heterocycles. The fourth-order valence-electron chi connectivity index (χ4n) is 1.65. The first-order chi connectivity index (χ1) is 8.61. The van der Waals surface area contributed by atoms with E-state index >= 15 is 0 Å². The summed E-state index contributed by atoms with van der Waals surface area (Å²) in [6.45, 7) is 2.00. The van der Waals surface area contributed by atoms with Gasteiger partial charge in [-0.15, -0.1) is 0 Å². The minimum absolute atomic E-state index is 0.271. The highest BCUT2D eigenvalue weighted by atomic mass is 16.4. The summed E-state index contributed by atoms with van der Waals surface area (Å²) in [7, 11) is 0. The number of aliphatic carboxylic acids is 1. The molecule has 0 spiro atoms. The summed E-state index contributed by atoms with van der Waals surface area (Å²) in [4.78, 5) is 26.6. The molecule has 0 radical (unpaired) electrons. The van der Waals surface area contributed by atoms with Crippen LogP contribution in [0, 0.1) is 0 Å². The molecule has 0 saturated carbocycles. The first-order valence-electron chi connectivity index (χ1n) is 5.52. The second kappa shape index (κ2) is 4.83. The van der Waals surface area contributed by atoms with Gasteiger partial charge >= 0.3 is 5.97 Å². The number of carbonyl (C=O) groups is 1. The Kier molecular flexibility index (Phi) is 3.23. The standard InChI is InChI=1S/C13H12N2O3/c1-2-9-3-4-11-10(7-9)13(18)15(8-14-11)6-5-12(16)17/h3-8H,2H2,1H3,(H,16,17). The van der Waals surface area contributed by atoms with Crippen molar-refractivity contribution in [2.75, 3.05) is 0 Å². The molecule has 0 bridgehead atoms. The van der Waals surface area contributed by atoms with Gasteiger partial charge in [-0.25, -0.2) is 9.78 Å². The van der Waals surface area contributed by atoms with E-state index in [0.717, 1.165) is 22.6 Å². The van der Waals surface area contributed by atoms with Crippen molar-refractivity contribution in [2.24, 2.45) is 0 Å². The van der Waals surface area contributed by atoms with Gasteiger partial charge in [0.15, 0.2) is 0 Å². The first-order valence-corrected chi connectivity index (χ1v) is 5.52. The van der Waals surface area contributed by atoms with E-state index in [4.69, 9.17) is 5.11 Å². The summed E-state index contributed by atoms with van der Waals surface area (Å²) in [5.41, 5.74) is 1.38. The minimum atomic E-state index is -1.11. The lowest BCUT2D eigenvalue weighted by atomic mass is 10.1. The molecular weight excluding hydrogens is 232 g/mol. The Morgan fingerprint density at radius 2 is 2.28 bits per heavy atom. The van der Waals surface area contributed by atoms with Crippen LogP contribution in [0.25, 0.3) is 17.1 Å². The molecule has 0 unspecified atom stereocenters. The van der Waals surface area contributed by atoms with Gasteiger partial charge in [0.05, 0.1) is 10.9 Å². The third kappa shape index (κ3) is 2.29. The summed E-state index contributed by atoms with van der Waals surface area (Å²) < 4.78 is 1.16. The average Bonchev–Trinajstić information content (AvgIpc) is 2.37. The van der Waals surface area contributed by atoms with E-state index in [0.29, 0.717) is 10.9 Å². The number of carboxylic acids is 1. The van der Waals surface area contributed by atoms with Crippen molar-refractivity contribution in [3.8, 4) is 0 Å². The normalized spacial score (nSPS) is 11.2. The van der Waals surface area contributed by atoms with Gasteiger partial charge < -0.3 is 5.11 Å². The summed E-state index contributed by atoms with van der Waals surface area (Å²) >= 11 is 0. The Morgan fingerprint density at radius 1 is 1.50 bits per heavy atom. The molecule has 0 aliphatic carbocycles. The molecule has 1 aromatic carbocycles. The minimum Gasteiger partial charge on any atom is -0.478 e. The van der Waals surface area contributed by atoms with Gasteiger partial charge in [0.1, 0.15) is 6.33 Å². The highest BCUT2D eigenvalue weighted by Crippen LogP contribution is 2.10. The number of nitrogens with zero attached hydrogens (tertiary/aromatic N) is 2. The second-order valence-electron chi connectivity index (χ2n) is 3.82. The number of benzene rings is 1. The van der Waals surface area contributed by atoms with Crippen LogP contribution in [0.4, 0.5) is 0 Å². The van der Waals surface area contributed by atoms with Crippen LogP contribution in [0.15, 0.2) is 35.4 Å². The van der Waals surface area contributed by atoms with Crippen molar-refractivity contribution in [3.05, 3.63) is 46.5 Å². The summed E-state index contributed by atoms with van der Waals surface area (Å²) in [5, 5.41) is 9.03. The van der Waals surface area contributed by atoms with E-state index in [1.54, 1.807) is 12.1 Å². The average molecular weight is 244 g/mol. The molecule has 1 aromatic heterocycles. The Bertz CT molecular complexity index is 686. The van der Waals surface area contributed by atoms with E-state index in [2.05, 4.69) is 4.98 Å². The van der Waals surface area contributed by atoms with E-state index in [-0.39, 0.29) is 5.56 Å². The van der Waals surface area contributed by atoms with Crippen LogP contribution in [-0.4, -0.2) is 20.6 Å². The number of aryl methyl sites for hydroxylation is 1. The van der Waals surface area contributed by atoms with Crippen molar-refractivity contribution < 1.29 is 9.90 Å². The maximum absolute atomic E-state index is 12.1. The maximum Gasteiger partial charge on any atom is 0.329 e. The fourth-order valence-corrected chi connectivity index (χ4v) is 1.65. The number of carboxylic acid groups (broad SMARTS) is 1. The molecule has 1 N–H and O–H groups in total. The van der Waals surface area contributed by atoms with Crippen LogP contribution in [0.1, 0.15) is 12.5 Å². The predicted octanol–water partition coefficient (Wildman–Crippen LogP) is 1.51. The lowest BCUT2D eigenvalue weighted by molar-refractivity contribution is -0.131. The molecule has 5 heteroatoms. The lowest BCUT2D eigenvalue weighted by Crippen LogP contribution is -2.16. The van der Waals surface area contributed by atoms with Crippen LogP contribution in [0.3, 0.4) is 0 Å². The van der Waals surface area contributed by atoms with E-state index in [1.165, 1.54) is 12.5 Å². The monoisotopic (exact) mass is 244 g/mol. The summed E-state index contributed by atoms with van der Waals surface area (Å²) in [5.74, 6) is -1.11. The summed E-state index contributed by atoms with van der Waals surface area (Å²) in [6.07, 6.45) is 4.24. The molecular formula is C13H12N2O3. The zero-order valence-corrected chi connectivity index (χ0v) is 9.83. The van der Waals surface area contributed by atoms with Crippen molar-refractivity contribution in [1.82, 2.24) is 9.55 Å². The zero-order chi connectivity index (χ0) is 13.1. The van der Waals surface area contributed by atoms with Crippen LogP contribution < -0.4 is 5.56 Å². The highest BCUT2D eigenvalue weighted by molar-refractivity contribution is 5.83. The van der Waals surface area contributed by atoms with Gasteiger partial charge in [-0.05, 0) is 24.1 Å². The van der Waals surface area contributed by atoms with Crippen molar-refractivity contribution in [3.63, 3.8) is 0 Å². The Balaban J connectivity index is 2.62.